The van der Waals surface area contributed by atoms with Crippen LogP contribution in [0.4, 0.5) is 0 Å². The van der Waals surface area contributed by atoms with Crippen LogP contribution in [0.15, 0.2) is 0 Å². The van der Waals surface area contributed by atoms with E-state index in [1.165, 1.54) is 0 Å². The summed E-state index contributed by atoms with van der Waals surface area (Å²) >= 11 is 0. The zero-order valence-electron chi connectivity index (χ0n) is 20.4. The molecule has 0 rings (SSSR count). The number of rotatable bonds is 0. The molecule has 25 heteroatoms. The van der Waals surface area contributed by atoms with Crippen molar-refractivity contribution in [2.45, 2.75) is 0 Å². The van der Waals surface area contributed by atoms with Crippen LogP contribution in [0, 0.1) is 184 Å². The van der Waals surface area contributed by atoms with Crippen molar-refractivity contribution in [3.63, 3.8) is 0 Å². The maximum Gasteiger partial charge on any atom is 3.00 e. The standard InChI is InChI=1S/18CN.3Fe.4In/c18*1-2;;;;;;;/q;;;;;;;;;;;;;;;;;;3*-4;4*+3. The fraction of sp³-hybridized carbons (Fsp3) is 0. The fourth-order valence-electron chi connectivity index (χ4n) is 0.795. The van der Waals surface area contributed by atoms with E-state index >= 15 is 0 Å². The minimum absolute atomic E-state index is 0. The van der Waals surface area contributed by atoms with Crippen molar-refractivity contribution in [2.24, 2.45) is 0 Å². The molecule has 0 amide bonds. The monoisotopic (exact) mass is 1100 g/mol. The van der Waals surface area contributed by atoms with Gasteiger partial charge in [0, 0.05) is 0 Å². The Bertz CT molecular complexity index is 1420. The number of hydrogen-bond acceptors (Lipinski definition) is 18. The summed E-state index contributed by atoms with van der Waals surface area (Å²) in [4.78, 5) is 18.6. The maximum atomic E-state index is 8.58. The Kier molecular flexibility index (Phi) is 18.9. The molecule has 0 aliphatic rings. The topological polar surface area (TPSA) is 428 Å². The average molecular weight is 1100 g/mol. The minimum Gasteiger partial charge on any atom is 3.00 e. The van der Waals surface area contributed by atoms with Gasteiger partial charge < -0.3 is 0 Å². The van der Waals surface area contributed by atoms with Crippen LogP contribution in [0.1, 0.15) is 0 Å². The van der Waals surface area contributed by atoms with E-state index in [0.717, 1.165) is 89.4 Å². The first-order valence-electron chi connectivity index (χ1n) is 7.21. The van der Waals surface area contributed by atoms with E-state index in [2.05, 4.69) is 0 Å². The zero-order valence-corrected chi connectivity index (χ0v) is 36.9. The third-order valence-electron chi connectivity index (χ3n) is 3.56. The van der Waals surface area contributed by atoms with Gasteiger partial charge in [-0.3, -0.25) is 0 Å². The number of nitriles is 18. The Labute approximate surface area is 315 Å². The molecule has 0 aliphatic carbocycles. The molecule has 0 fully saturated rings. The normalized spacial score (nSPS) is 12.1. The Morgan fingerprint density at radius 1 is 0.163 bits per heavy atom. The third-order valence-corrected chi connectivity index (χ3v) is 14.7. The average Bonchev–Trinajstić information content (AvgIpc) is 3.06. The summed E-state index contributed by atoms with van der Waals surface area (Å²) in [6.45, 7) is 0. The van der Waals surface area contributed by atoms with Crippen LogP contribution in [0.5, 0.6) is 0 Å². The molecule has 0 saturated heterocycles. The van der Waals surface area contributed by atoms with Crippen LogP contribution in [-0.2, 0) is 32.2 Å². The van der Waals surface area contributed by atoms with Gasteiger partial charge in [-0.05, 0) is 0 Å². The van der Waals surface area contributed by atoms with Gasteiger partial charge in [0.2, 0.25) is 0 Å². The minimum atomic E-state index is -6.17. The SMILES string of the molecule is N#[C][Fe-4]([C]#N)([C]#N)([C]#N)([C]#N)[C]#N.N#[C][Fe-4]([C]#N)([C]#N)([C]#N)([C]#N)[C]#N.N#[C][Fe-4]([C]#N)([C]#N)([C]#N)([C]#N)[C]#N.[In+3].[In+3].[In+3].[In+3]. The first kappa shape index (κ1) is 54.9. The Hall–Kier alpha value is -4.14. The van der Waals surface area contributed by atoms with E-state index in [-0.39, 0.29) is 103 Å². The second-order valence-corrected chi connectivity index (χ2v) is 22.3. The summed E-state index contributed by atoms with van der Waals surface area (Å²) in [6, 6.07) is 0. The van der Waals surface area contributed by atoms with Crippen molar-refractivity contribution in [3.05, 3.63) is 0 Å². The van der Waals surface area contributed by atoms with Gasteiger partial charge >= 0.3 is 320 Å². The van der Waals surface area contributed by atoms with E-state index in [0.29, 0.717) is 0 Å². The number of nitrogens with zero attached hydrogens (tertiary/aromatic N) is 18. The molecule has 0 saturated carbocycles. The van der Waals surface area contributed by atoms with Gasteiger partial charge in [-0.2, -0.15) is 0 Å². The Balaban J connectivity index is -0.0000000864. The molecule has 0 aromatic heterocycles. The molecule has 18 nitrogen and oxygen atoms in total. The molecular weight excluding hydrogens is 1100 g/mol. The van der Waals surface area contributed by atoms with Gasteiger partial charge in [0.25, 0.3) is 0 Å². The third kappa shape index (κ3) is 6.60. The quantitative estimate of drug-likeness (QED) is 0.256. The van der Waals surface area contributed by atoms with Crippen LogP contribution in [0.2, 0.25) is 0 Å². The molecule has 0 aliphatic heterocycles. The van der Waals surface area contributed by atoms with Gasteiger partial charge in [-0.25, -0.2) is 0 Å². The molecule has 0 unspecified atom stereocenters. The van der Waals surface area contributed by atoms with Gasteiger partial charge in [0.15, 0.2) is 0 Å². The van der Waals surface area contributed by atoms with Crippen LogP contribution < -0.4 is 0 Å². The smallest absolute Gasteiger partial charge is 3.00 e. The van der Waals surface area contributed by atoms with Crippen molar-refractivity contribution < 1.29 is 32.2 Å². The van der Waals surface area contributed by atoms with Crippen LogP contribution in [0.25, 0.3) is 0 Å². The molecule has 0 spiro atoms. The molecule has 0 heterocycles. The van der Waals surface area contributed by atoms with Crippen molar-refractivity contribution >= 4 is 103 Å². The van der Waals surface area contributed by atoms with Crippen molar-refractivity contribution in [1.82, 2.24) is 0 Å². The summed E-state index contributed by atoms with van der Waals surface area (Å²) in [6.07, 6.45) is 0. The Morgan fingerprint density at radius 2 is 0.209 bits per heavy atom. The predicted octanol–water partition coefficient (Wildman–Crippen LogP) is -1.23. The van der Waals surface area contributed by atoms with Crippen LogP contribution >= 0.6 is 0 Å². The molecule has 0 radical (unpaired) electrons. The second kappa shape index (κ2) is 14.8. The van der Waals surface area contributed by atoms with E-state index < -0.39 is 32.2 Å². The Morgan fingerprint density at radius 3 is 0.209 bits per heavy atom. The van der Waals surface area contributed by atoms with Crippen molar-refractivity contribution in [3.8, 4) is 89.4 Å². The zero-order chi connectivity index (χ0) is 32.0. The number of hydrogen-bond donors (Lipinski definition) is 0. The molecule has 0 atom stereocenters. The maximum absolute atomic E-state index is 8.58. The van der Waals surface area contributed by atoms with Crippen molar-refractivity contribution in [1.29, 1.82) is 94.7 Å². The molecular formula is C18Fe3In4N18. The summed E-state index contributed by atoms with van der Waals surface area (Å²) < 4.78 is 0. The van der Waals surface area contributed by atoms with Gasteiger partial charge in [-0.1, -0.05) is 0 Å². The summed E-state index contributed by atoms with van der Waals surface area (Å²) in [5, 5.41) is 154. The molecule has 0 bridgehead atoms. The molecule has 0 aromatic carbocycles. The van der Waals surface area contributed by atoms with Gasteiger partial charge in [-0.15, -0.1) is 0 Å². The second-order valence-electron chi connectivity index (χ2n) is 5.40. The first-order chi connectivity index (χ1) is 17.9. The van der Waals surface area contributed by atoms with Gasteiger partial charge in [0.05, 0.1) is 0 Å². The molecule has 43 heavy (non-hydrogen) atoms. The van der Waals surface area contributed by atoms with E-state index in [4.69, 9.17) is 94.7 Å². The molecule has 198 valence electrons. The fourth-order valence-corrected chi connectivity index (χ4v) is 3.28. The summed E-state index contributed by atoms with van der Waals surface area (Å²) in [7, 11) is -18.5. The van der Waals surface area contributed by atoms with E-state index in [1.807, 2.05) is 0 Å². The largest absolute Gasteiger partial charge is 3.00 e. The summed E-state index contributed by atoms with van der Waals surface area (Å²) in [5.74, 6) is 0. The molecule has 0 N–H and O–H groups in total. The van der Waals surface area contributed by atoms with Crippen LogP contribution in [-0.4, -0.2) is 103 Å². The predicted molar refractivity (Wildman–Crippen MR) is 124 cm³/mol. The first-order valence-corrected chi connectivity index (χ1v) is 17.1. The van der Waals surface area contributed by atoms with E-state index in [9.17, 15) is 0 Å². The van der Waals surface area contributed by atoms with Crippen LogP contribution in [0.3, 0.4) is 0 Å². The molecule has 0 aromatic rings. The summed E-state index contributed by atoms with van der Waals surface area (Å²) in [5.41, 5.74) is 0. The van der Waals surface area contributed by atoms with E-state index in [1.54, 1.807) is 0 Å². The van der Waals surface area contributed by atoms with Crippen molar-refractivity contribution in [2.75, 3.05) is 0 Å². The van der Waals surface area contributed by atoms with Gasteiger partial charge in [0.1, 0.15) is 0 Å².